The molecule has 1 saturated heterocycles. The van der Waals surface area contributed by atoms with Crippen molar-refractivity contribution in [1.29, 1.82) is 0 Å². The largest absolute Gasteiger partial charge is 0.379 e. The van der Waals surface area contributed by atoms with Gasteiger partial charge in [0.2, 0.25) is 0 Å². The zero-order valence-electron chi connectivity index (χ0n) is 20.2. The third kappa shape index (κ3) is 4.71. The van der Waals surface area contributed by atoms with Crippen molar-refractivity contribution in [2.75, 3.05) is 31.6 Å². The molecule has 0 radical (unpaired) electrons. The van der Waals surface area contributed by atoms with Crippen LogP contribution in [0.4, 0.5) is 5.69 Å². The zero-order chi connectivity index (χ0) is 24.3. The zero-order valence-corrected chi connectivity index (χ0v) is 20.2. The van der Waals surface area contributed by atoms with Gasteiger partial charge in [-0.15, -0.1) is 0 Å². The van der Waals surface area contributed by atoms with Crippen LogP contribution in [0.25, 0.3) is 28.3 Å². The molecule has 4 aromatic heterocycles. The van der Waals surface area contributed by atoms with Gasteiger partial charge in [-0.05, 0) is 42.8 Å². The molecule has 36 heavy (non-hydrogen) atoms. The van der Waals surface area contributed by atoms with Crippen molar-refractivity contribution in [3.8, 4) is 22.6 Å². The fraction of sp³-hybridized carbons (Fsp3) is 0.259. The van der Waals surface area contributed by atoms with Crippen LogP contribution in [0.15, 0.2) is 67.1 Å². The summed E-state index contributed by atoms with van der Waals surface area (Å²) in [5, 5.41) is 7.89. The van der Waals surface area contributed by atoms with Crippen molar-refractivity contribution in [3.63, 3.8) is 0 Å². The molecule has 0 amide bonds. The van der Waals surface area contributed by atoms with E-state index in [4.69, 9.17) is 14.7 Å². The van der Waals surface area contributed by atoms with E-state index in [1.54, 1.807) is 10.8 Å². The van der Waals surface area contributed by atoms with E-state index in [0.717, 1.165) is 78.3 Å². The monoisotopic (exact) mass is 480 g/mol. The number of fused-ring (bicyclic) bond motifs is 1. The lowest BCUT2D eigenvalue weighted by Crippen LogP contribution is -2.35. The number of ether oxygens (including phenoxy) is 1. The van der Waals surface area contributed by atoms with Crippen LogP contribution in [0.3, 0.4) is 0 Å². The number of aryl methyl sites for hydroxylation is 1. The number of anilines is 1. The summed E-state index contributed by atoms with van der Waals surface area (Å²) in [7, 11) is 0. The number of nitrogens with one attached hydrogen (secondary N) is 2. The molecule has 1 aliphatic rings. The van der Waals surface area contributed by atoms with Crippen LogP contribution in [-0.4, -0.2) is 60.8 Å². The number of aromatic nitrogens is 6. The highest BCUT2D eigenvalue weighted by Crippen LogP contribution is 2.30. The third-order valence-corrected chi connectivity index (χ3v) is 6.41. The average molecular weight is 481 g/mol. The molecular weight excluding hydrogens is 452 g/mol. The fourth-order valence-corrected chi connectivity index (χ4v) is 4.55. The first-order valence-electron chi connectivity index (χ1n) is 12.2. The molecule has 1 fully saturated rings. The van der Waals surface area contributed by atoms with E-state index in [1.807, 2.05) is 43.5 Å². The average Bonchev–Trinajstić information content (AvgIpc) is 3.56. The lowest BCUT2D eigenvalue weighted by Gasteiger charge is -2.27. The molecule has 0 atom stereocenters. The minimum atomic E-state index is 0.560. The highest BCUT2D eigenvalue weighted by atomic mass is 16.5. The van der Waals surface area contributed by atoms with Crippen LogP contribution in [-0.2, 0) is 17.8 Å². The Labute approximate surface area is 209 Å². The Morgan fingerprint density at radius 1 is 1.00 bits per heavy atom. The molecule has 5 heterocycles. The Bertz CT molecular complexity index is 1480. The lowest BCUT2D eigenvalue weighted by molar-refractivity contribution is 0.0342. The van der Waals surface area contributed by atoms with Gasteiger partial charge in [0.05, 0.1) is 36.8 Å². The molecule has 9 heteroatoms. The predicted molar refractivity (Wildman–Crippen MR) is 138 cm³/mol. The smallest absolute Gasteiger partial charge is 0.155 e. The number of para-hydroxylation sites is 1. The summed E-state index contributed by atoms with van der Waals surface area (Å²) >= 11 is 0. The number of hydrogen-bond donors (Lipinski definition) is 2. The molecule has 2 N–H and O–H groups in total. The van der Waals surface area contributed by atoms with E-state index in [1.165, 1.54) is 5.56 Å². The normalized spacial score (nSPS) is 14.4. The van der Waals surface area contributed by atoms with Crippen molar-refractivity contribution in [3.05, 3.63) is 84.2 Å². The molecule has 1 aromatic carbocycles. The highest BCUT2D eigenvalue weighted by molar-refractivity contribution is 5.77. The minimum absolute atomic E-state index is 0.560. The second-order valence-corrected chi connectivity index (χ2v) is 8.95. The molecule has 0 unspecified atom stereocenters. The van der Waals surface area contributed by atoms with Gasteiger partial charge in [0.15, 0.2) is 5.65 Å². The topological polar surface area (TPSA) is 96.3 Å². The number of nitrogens with zero attached hydrogens (tertiary/aromatic N) is 6. The number of rotatable bonds is 7. The number of aromatic amines is 1. The van der Waals surface area contributed by atoms with Gasteiger partial charge in [0.25, 0.3) is 0 Å². The summed E-state index contributed by atoms with van der Waals surface area (Å²) in [5.74, 6) is 0.836. The summed E-state index contributed by atoms with van der Waals surface area (Å²) < 4.78 is 7.26. The summed E-state index contributed by atoms with van der Waals surface area (Å²) in [6.45, 7) is 6.95. The molecule has 0 bridgehead atoms. The van der Waals surface area contributed by atoms with Gasteiger partial charge < -0.3 is 15.0 Å². The number of morpholine rings is 1. The van der Waals surface area contributed by atoms with E-state index in [2.05, 4.69) is 49.5 Å². The number of pyridine rings is 2. The summed E-state index contributed by atoms with van der Waals surface area (Å²) in [5.41, 5.74) is 7.65. The van der Waals surface area contributed by atoms with Crippen molar-refractivity contribution in [2.45, 2.75) is 20.0 Å². The number of hydrogen-bond acceptors (Lipinski definition) is 7. The maximum Gasteiger partial charge on any atom is 0.155 e. The summed E-state index contributed by atoms with van der Waals surface area (Å²) in [6.07, 6.45) is 3.50. The van der Waals surface area contributed by atoms with E-state index in [0.29, 0.717) is 6.54 Å². The van der Waals surface area contributed by atoms with E-state index in [-0.39, 0.29) is 0 Å². The third-order valence-electron chi connectivity index (χ3n) is 6.41. The van der Waals surface area contributed by atoms with E-state index in [9.17, 15) is 0 Å². The van der Waals surface area contributed by atoms with E-state index >= 15 is 0 Å². The second kappa shape index (κ2) is 9.88. The SMILES string of the molecule is Cc1cccc(-c2[nH]c(CNc3ccccc3CN3CCOCC3)nc2-c2ccc3ncnn3c2)n1. The molecule has 6 rings (SSSR count). The molecule has 0 spiro atoms. The van der Waals surface area contributed by atoms with Crippen LogP contribution in [0.2, 0.25) is 0 Å². The maximum absolute atomic E-state index is 5.50. The quantitative estimate of drug-likeness (QED) is 0.364. The standard InChI is InChI=1S/C27H28N8O/c1-19-5-4-8-23(31-19)27-26(21-9-10-25-29-18-30-35(25)17-21)32-24(33-27)15-28-22-7-3-2-6-20(22)16-34-11-13-36-14-12-34/h2-10,17-18,28H,11-16H2,1H3,(H,32,33). The Morgan fingerprint density at radius 2 is 1.89 bits per heavy atom. The van der Waals surface area contributed by atoms with Gasteiger partial charge in [0.1, 0.15) is 12.2 Å². The van der Waals surface area contributed by atoms with Crippen molar-refractivity contribution in [1.82, 2.24) is 34.4 Å². The van der Waals surface area contributed by atoms with Crippen LogP contribution >= 0.6 is 0 Å². The molecule has 1 aliphatic heterocycles. The minimum Gasteiger partial charge on any atom is -0.379 e. The van der Waals surface area contributed by atoms with Gasteiger partial charge in [-0.3, -0.25) is 9.88 Å². The predicted octanol–water partition coefficient (Wildman–Crippen LogP) is 3.93. The Balaban J connectivity index is 1.30. The number of H-pyrrole nitrogens is 1. The molecule has 9 nitrogen and oxygen atoms in total. The van der Waals surface area contributed by atoms with Gasteiger partial charge in [-0.1, -0.05) is 24.3 Å². The second-order valence-electron chi connectivity index (χ2n) is 8.95. The van der Waals surface area contributed by atoms with Crippen LogP contribution in [0.1, 0.15) is 17.1 Å². The first-order valence-corrected chi connectivity index (χ1v) is 12.2. The first kappa shape index (κ1) is 22.4. The van der Waals surface area contributed by atoms with Gasteiger partial charge >= 0.3 is 0 Å². The summed E-state index contributed by atoms with van der Waals surface area (Å²) in [4.78, 5) is 20.0. The van der Waals surface area contributed by atoms with Crippen molar-refractivity contribution in [2.24, 2.45) is 0 Å². The number of benzene rings is 1. The molecule has 182 valence electrons. The van der Waals surface area contributed by atoms with E-state index < -0.39 is 0 Å². The maximum atomic E-state index is 5.50. The highest BCUT2D eigenvalue weighted by Gasteiger charge is 2.17. The van der Waals surface area contributed by atoms with Crippen molar-refractivity contribution < 1.29 is 4.74 Å². The lowest BCUT2D eigenvalue weighted by atomic mass is 10.1. The van der Waals surface area contributed by atoms with Crippen molar-refractivity contribution >= 4 is 11.3 Å². The Morgan fingerprint density at radius 3 is 2.78 bits per heavy atom. The molecular formula is C27H28N8O. The van der Waals surface area contributed by atoms with Gasteiger partial charge in [0, 0.05) is 42.8 Å². The first-order chi connectivity index (χ1) is 17.7. The Kier molecular flexibility index (Phi) is 6.15. The van der Waals surface area contributed by atoms with Crippen LogP contribution < -0.4 is 5.32 Å². The molecule has 0 saturated carbocycles. The Hall–Kier alpha value is -4.08. The summed E-state index contributed by atoms with van der Waals surface area (Å²) in [6, 6.07) is 18.5. The number of imidazole rings is 1. The van der Waals surface area contributed by atoms with Gasteiger partial charge in [-0.2, -0.15) is 5.10 Å². The fourth-order valence-electron chi connectivity index (χ4n) is 4.55. The van der Waals surface area contributed by atoms with Gasteiger partial charge in [-0.25, -0.2) is 14.5 Å². The molecule has 5 aromatic rings. The van der Waals surface area contributed by atoms with Crippen LogP contribution in [0, 0.1) is 6.92 Å². The molecule has 0 aliphatic carbocycles. The van der Waals surface area contributed by atoms with Crippen LogP contribution in [0.5, 0.6) is 0 Å².